The van der Waals surface area contributed by atoms with E-state index in [1.165, 1.54) is 0 Å². The number of halogens is 1. The number of nitrogens with one attached hydrogen (secondary N) is 2. The molecule has 8 nitrogen and oxygen atoms in total. The van der Waals surface area contributed by atoms with Crippen molar-refractivity contribution in [2.24, 2.45) is 0 Å². The number of hydrogen-bond donors (Lipinski definition) is 3. The zero-order valence-electron chi connectivity index (χ0n) is 25.0. The summed E-state index contributed by atoms with van der Waals surface area (Å²) in [5.74, 6) is -0.761. The number of rotatable bonds is 10. The molecule has 0 spiro atoms. The smallest absolute Gasteiger partial charge is 0.407 e. The molecule has 4 rings (SSSR count). The van der Waals surface area contributed by atoms with Gasteiger partial charge in [-0.3, -0.25) is 4.79 Å². The molecule has 0 aliphatic carbocycles. The fourth-order valence-corrected chi connectivity index (χ4v) is 4.65. The van der Waals surface area contributed by atoms with E-state index in [1.54, 1.807) is 70.2 Å². The van der Waals surface area contributed by atoms with Gasteiger partial charge in [0.15, 0.2) is 0 Å². The molecule has 0 heterocycles. The van der Waals surface area contributed by atoms with Gasteiger partial charge >= 0.3 is 12.1 Å². The summed E-state index contributed by atoms with van der Waals surface area (Å²) in [4.78, 5) is 37.3. The molecule has 3 N–H and O–H groups in total. The Morgan fingerprint density at radius 1 is 0.864 bits per heavy atom. The maximum Gasteiger partial charge on any atom is 0.407 e. The summed E-state index contributed by atoms with van der Waals surface area (Å²) in [7, 11) is 0. The molecule has 0 bridgehead atoms. The summed E-state index contributed by atoms with van der Waals surface area (Å²) in [6.07, 6.45) is -0.300. The average Bonchev–Trinajstić information content (AvgIpc) is 2.98. The first-order chi connectivity index (χ1) is 20.9. The Morgan fingerprint density at radius 3 is 2.30 bits per heavy atom. The number of amides is 2. The highest BCUT2D eigenvalue weighted by atomic mass is 35.5. The van der Waals surface area contributed by atoms with Gasteiger partial charge in [0.1, 0.15) is 23.1 Å². The van der Waals surface area contributed by atoms with Gasteiger partial charge in [0.05, 0.1) is 0 Å². The highest BCUT2D eigenvalue weighted by Crippen LogP contribution is 2.39. The zero-order chi connectivity index (χ0) is 31.9. The summed E-state index contributed by atoms with van der Waals surface area (Å²) >= 11 is 6.41. The molecule has 44 heavy (non-hydrogen) atoms. The number of carbonyl (C=O) groups excluding carboxylic acids is 2. The lowest BCUT2D eigenvalue weighted by molar-refractivity contribution is -0.139. The second kappa shape index (κ2) is 14.1. The maximum absolute atomic E-state index is 13.5. The summed E-state index contributed by atoms with van der Waals surface area (Å²) < 4.78 is 11.7. The topological polar surface area (TPSA) is 114 Å². The molecule has 0 aliphatic rings. The Morgan fingerprint density at radius 2 is 1.61 bits per heavy atom. The standard InChI is InChI=1S/C35H35ClN2O6/c1-5-30(33(40)41)38-32(39)28-16-14-24(23-11-7-6-8-12-23)19-29(28)27-17-15-25(36)20-31(27)43-26-13-9-10-22(18-26)21-37-34(42)44-35(2,3)4/h6-20,30H,5,21H2,1-4H3,(H,37,42)(H,38,39)(H,40,41). The van der Waals surface area contributed by atoms with Gasteiger partial charge < -0.3 is 25.2 Å². The first-order valence-corrected chi connectivity index (χ1v) is 14.6. The number of carbonyl (C=O) groups is 3. The molecule has 4 aromatic carbocycles. The third-order valence-corrected chi connectivity index (χ3v) is 6.81. The van der Waals surface area contributed by atoms with Crippen LogP contribution in [0.1, 0.15) is 50.0 Å². The molecular formula is C35H35ClN2O6. The van der Waals surface area contributed by atoms with Crippen LogP contribution in [0.4, 0.5) is 4.79 Å². The van der Waals surface area contributed by atoms with Crippen LogP contribution in [0.3, 0.4) is 0 Å². The lowest BCUT2D eigenvalue weighted by Crippen LogP contribution is -2.40. The number of carboxylic acids is 1. The van der Waals surface area contributed by atoms with Gasteiger partial charge in [0.25, 0.3) is 5.91 Å². The Labute approximate surface area is 262 Å². The van der Waals surface area contributed by atoms with Crippen molar-refractivity contribution in [2.45, 2.75) is 52.3 Å². The molecule has 228 valence electrons. The molecule has 0 radical (unpaired) electrons. The minimum atomic E-state index is -1.11. The Hall–Kier alpha value is -4.82. The van der Waals surface area contributed by atoms with Crippen LogP contribution in [0.15, 0.2) is 91.0 Å². The number of hydrogen-bond acceptors (Lipinski definition) is 5. The lowest BCUT2D eigenvalue weighted by Gasteiger charge is -2.20. The van der Waals surface area contributed by atoms with Crippen molar-refractivity contribution in [1.29, 1.82) is 0 Å². The molecule has 0 aromatic heterocycles. The molecule has 0 saturated heterocycles. The quantitative estimate of drug-likeness (QED) is 0.166. The van der Waals surface area contributed by atoms with Gasteiger partial charge in [-0.2, -0.15) is 0 Å². The van der Waals surface area contributed by atoms with E-state index in [9.17, 15) is 19.5 Å². The molecule has 0 fully saturated rings. The van der Waals surface area contributed by atoms with E-state index in [4.69, 9.17) is 21.1 Å². The molecule has 0 saturated carbocycles. The maximum atomic E-state index is 13.5. The zero-order valence-corrected chi connectivity index (χ0v) is 25.8. The van der Waals surface area contributed by atoms with Crippen molar-refractivity contribution in [3.8, 4) is 33.8 Å². The van der Waals surface area contributed by atoms with Crippen LogP contribution in [0.25, 0.3) is 22.3 Å². The second-order valence-corrected chi connectivity index (χ2v) is 11.6. The normalized spacial score (nSPS) is 11.8. The van der Waals surface area contributed by atoms with Crippen molar-refractivity contribution in [1.82, 2.24) is 10.6 Å². The summed E-state index contributed by atoms with van der Waals surface area (Å²) in [6.45, 7) is 7.30. The van der Waals surface area contributed by atoms with Gasteiger partial charge in [0, 0.05) is 28.8 Å². The van der Waals surface area contributed by atoms with Crippen molar-refractivity contribution in [3.63, 3.8) is 0 Å². The Bertz CT molecular complexity index is 1650. The first-order valence-electron chi connectivity index (χ1n) is 14.2. The van der Waals surface area contributed by atoms with Crippen LogP contribution < -0.4 is 15.4 Å². The van der Waals surface area contributed by atoms with Crippen LogP contribution in [-0.4, -0.2) is 34.7 Å². The largest absolute Gasteiger partial charge is 0.480 e. The fraction of sp³-hybridized carbons (Fsp3) is 0.229. The molecular weight excluding hydrogens is 580 g/mol. The molecule has 1 atom stereocenters. The predicted molar refractivity (Wildman–Crippen MR) is 171 cm³/mol. The van der Waals surface area contributed by atoms with Crippen LogP contribution >= 0.6 is 11.6 Å². The van der Waals surface area contributed by atoms with Gasteiger partial charge in [-0.05, 0) is 85.8 Å². The SMILES string of the molecule is CCC(NC(=O)c1ccc(-c2ccccc2)cc1-c1ccc(Cl)cc1Oc1cccc(CNC(=O)OC(C)(C)C)c1)C(=O)O. The van der Waals surface area contributed by atoms with Gasteiger partial charge in [0.2, 0.25) is 0 Å². The number of carboxylic acid groups (broad SMARTS) is 1. The Kier molecular flexibility index (Phi) is 10.3. The van der Waals surface area contributed by atoms with E-state index in [2.05, 4.69) is 10.6 Å². The number of benzene rings is 4. The fourth-order valence-electron chi connectivity index (χ4n) is 4.49. The van der Waals surface area contributed by atoms with Crippen molar-refractivity contribution < 1.29 is 29.0 Å². The van der Waals surface area contributed by atoms with E-state index in [-0.39, 0.29) is 18.5 Å². The van der Waals surface area contributed by atoms with Crippen molar-refractivity contribution in [2.75, 3.05) is 0 Å². The van der Waals surface area contributed by atoms with Crippen molar-refractivity contribution >= 4 is 29.6 Å². The number of ether oxygens (including phenoxy) is 2. The van der Waals surface area contributed by atoms with E-state index < -0.39 is 29.6 Å². The molecule has 1 unspecified atom stereocenters. The number of aliphatic carboxylic acids is 1. The monoisotopic (exact) mass is 614 g/mol. The third kappa shape index (κ3) is 8.61. The average molecular weight is 615 g/mol. The highest BCUT2D eigenvalue weighted by molar-refractivity contribution is 6.30. The molecule has 0 aliphatic heterocycles. The molecule has 9 heteroatoms. The van der Waals surface area contributed by atoms with Gasteiger partial charge in [-0.1, -0.05) is 67.1 Å². The minimum Gasteiger partial charge on any atom is -0.480 e. The summed E-state index contributed by atoms with van der Waals surface area (Å²) in [5.41, 5.74) is 3.37. The summed E-state index contributed by atoms with van der Waals surface area (Å²) in [5, 5.41) is 15.3. The van der Waals surface area contributed by atoms with Crippen LogP contribution in [-0.2, 0) is 16.1 Å². The van der Waals surface area contributed by atoms with E-state index in [1.807, 2.05) is 48.5 Å². The van der Waals surface area contributed by atoms with Crippen LogP contribution in [0.2, 0.25) is 5.02 Å². The minimum absolute atomic E-state index is 0.222. The predicted octanol–water partition coefficient (Wildman–Crippen LogP) is 8.08. The van der Waals surface area contributed by atoms with Gasteiger partial charge in [-0.25, -0.2) is 9.59 Å². The highest BCUT2D eigenvalue weighted by Gasteiger charge is 2.23. The molecule has 4 aromatic rings. The first kappa shape index (κ1) is 32.1. The summed E-state index contributed by atoms with van der Waals surface area (Å²) in [6, 6.07) is 26.4. The lowest BCUT2D eigenvalue weighted by atomic mass is 9.93. The van der Waals surface area contributed by atoms with E-state index >= 15 is 0 Å². The second-order valence-electron chi connectivity index (χ2n) is 11.1. The van der Waals surface area contributed by atoms with Crippen LogP contribution in [0, 0.1) is 0 Å². The van der Waals surface area contributed by atoms with E-state index in [0.29, 0.717) is 27.6 Å². The third-order valence-electron chi connectivity index (χ3n) is 6.58. The number of alkyl carbamates (subject to hydrolysis) is 1. The Balaban J connectivity index is 1.72. The molecule has 2 amide bonds. The van der Waals surface area contributed by atoms with Crippen LogP contribution in [0.5, 0.6) is 11.5 Å². The van der Waals surface area contributed by atoms with Gasteiger partial charge in [-0.15, -0.1) is 0 Å². The van der Waals surface area contributed by atoms with Crippen molar-refractivity contribution in [3.05, 3.63) is 107 Å². The van der Waals surface area contributed by atoms with E-state index in [0.717, 1.165) is 16.7 Å².